The van der Waals surface area contributed by atoms with E-state index in [9.17, 15) is 0 Å². The molecule has 112 valence electrons. The molecule has 1 aliphatic carbocycles. The molecule has 20 heavy (non-hydrogen) atoms. The monoisotopic (exact) mass is 274 g/mol. The van der Waals surface area contributed by atoms with Crippen LogP contribution in [0.5, 0.6) is 0 Å². The van der Waals surface area contributed by atoms with Gasteiger partial charge in [0.05, 0.1) is 0 Å². The van der Waals surface area contributed by atoms with E-state index in [1.807, 2.05) is 0 Å². The summed E-state index contributed by atoms with van der Waals surface area (Å²) in [7, 11) is 2.21. The summed E-state index contributed by atoms with van der Waals surface area (Å²) in [4.78, 5) is 2.41. The van der Waals surface area contributed by atoms with E-state index in [1.54, 1.807) is 0 Å². The highest BCUT2D eigenvalue weighted by atomic mass is 15.1. The van der Waals surface area contributed by atoms with E-state index in [-0.39, 0.29) is 0 Å². The maximum Gasteiger partial charge on any atom is 0.0231 e. The molecule has 1 saturated carbocycles. The molecule has 1 N–H and O–H groups in total. The Morgan fingerprint density at radius 1 is 1.20 bits per heavy atom. The van der Waals surface area contributed by atoms with Crippen LogP contribution >= 0.6 is 0 Å². The van der Waals surface area contributed by atoms with Crippen LogP contribution in [0.1, 0.15) is 43.2 Å². The predicted molar refractivity (Wildman–Crippen MR) is 87.0 cm³/mol. The fraction of sp³-hybridized carbons (Fsp3) is 0.667. The van der Waals surface area contributed by atoms with Crippen molar-refractivity contribution in [3.63, 3.8) is 0 Å². The number of nitrogens with one attached hydrogen (secondary N) is 1. The summed E-state index contributed by atoms with van der Waals surface area (Å²) in [5, 5.41) is 3.64. The third kappa shape index (κ3) is 5.64. The normalized spacial score (nSPS) is 16.8. The summed E-state index contributed by atoms with van der Waals surface area (Å²) in [6.45, 7) is 6.67. The number of benzene rings is 1. The second-order valence-corrected chi connectivity index (χ2v) is 6.43. The van der Waals surface area contributed by atoms with Crippen LogP contribution in [0.3, 0.4) is 0 Å². The molecule has 0 aromatic heterocycles. The zero-order valence-electron chi connectivity index (χ0n) is 13.2. The highest BCUT2D eigenvalue weighted by Gasteiger charge is 2.12. The summed E-state index contributed by atoms with van der Waals surface area (Å²) in [5.74, 6) is 0.936. The van der Waals surface area contributed by atoms with E-state index in [1.165, 1.54) is 49.8 Å². The van der Waals surface area contributed by atoms with E-state index in [2.05, 4.69) is 48.5 Å². The van der Waals surface area contributed by atoms with Gasteiger partial charge in [-0.25, -0.2) is 0 Å². The fourth-order valence-electron chi connectivity index (χ4n) is 3.17. The van der Waals surface area contributed by atoms with E-state index in [4.69, 9.17) is 0 Å². The first-order chi connectivity index (χ1) is 9.74. The van der Waals surface area contributed by atoms with Crippen LogP contribution in [-0.4, -0.2) is 31.6 Å². The molecular weight excluding hydrogens is 244 g/mol. The van der Waals surface area contributed by atoms with Gasteiger partial charge in [-0.1, -0.05) is 49.1 Å². The van der Waals surface area contributed by atoms with Crippen LogP contribution in [-0.2, 0) is 6.54 Å². The maximum atomic E-state index is 3.64. The van der Waals surface area contributed by atoms with Crippen LogP contribution < -0.4 is 5.32 Å². The molecule has 0 saturated heterocycles. The smallest absolute Gasteiger partial charge is 0.0231 e. The lowest BCUT2D eigenvalue weighted by atomic mass is 9.89. The van der Waals surface area contributed by atoms with E-state index in [0.717, 1.165) is 25.6 Å². The fourth-order valence-corrected chi connectivity index (χ4v) is 3.17. The Balaban J connectivity index is 1.59. The molecule has 0 aliphatic heterocycles. The molecule has 0 radical (unpaired) electrons. The number of rotatable bonds is 7. The van der Waals surface area contributed by atoms with Crippen LogP contribution in [0.15, 0.2) is 24.3 Å². The number of hydrogen-bond donors (Lipinski definition) is 1. The first kappa shape index (κ1) is 15.5. The third-order valence-corrected chi connectivity index (χ3v) is 4.36. The second kappa shape index (κ2) is 8.43. The van der Waals surface area contributed by atoms with Crippen molar-refractivity contribution in [2.45, 2.75) is 45.6 Å². The van der Waals surface area contributed by atoms with Gasteiger partial charge in [0, 0.05) is 19.6 Å². The predicted octanol–water partition coefficient (Wildman–Crippen LogP) is 3.60. The van der Waals surface area contributed by atoms with Crippen LogP contribution in [0.2, 0.25) is 0 Å². The standard InChI is InChI=1S/C18H30N2/c1-16-7-6-10-18(13-16)15-20(2)12-11-19-14-17-8-4-3-5-9-17/h6-7,10,13,17,19H,3-5,8-9,11-12,14-15H2,1-2H3. The molecule has 1 aromatic rings. The summed E-state index contributed by atoms with van der Waals surface area (Å²) in [5.41, 5.74) is 2.77. The molecule has 0 unspecified atom stereocenters. The second-order valence-electron chi connectivity index (χ2n) is 6.43. The molecule has 2 rings (SSSR count). The van der Waals surface area contributed by atoms with Crippen LogP contribution in [0.4, 0.5) is 0 Å². The Kier molecular flexibility index (Phi) is 6.55. The Hall–Kier alpha value is -0.860. The van der Waals surface area contributed by atoms with Crippen molar-refractivity contribution in [3.05, 3.63) is 35.4 Å². The maximum absolute atomic E-state index is 3.64. The number of nitrogens with zero attached hydrogens (tertiary/aromatic N) is 1. The minimum Gasteiger partial charge on any atom is -0.315 e. The highest BCUT2D eigenvalue weighted by molar-refractivity contribution is 5.21. The summed E-state index contributed by atoms with van der Waals surface area (Å²) < 4.78 is 0. The molecule has 1 aliphatic rings. The number of hydrogen-bond acceptors (Lipinski definition) is 2. The van der Waals surface area contributed by atoms with Gasteiger partial charge in [-0.2, -0.15) is 0 Å². The lowest BCUT2D eigenvalue weighted by molar-refractivity contribution is 0.304. The zero-order chi connectivity index (χ0) is 14.2. The van der Waals surface area contributed by atoms with Gasteiger partial charge in [0.15, 0.2) is 0 Å². The van der Waals surface area contributed by atoms with Gasteiger partial charge in [-0.3, -0.25) is 0 Å². The Morgan fingerprint density at radius 3 is 2.75 bits per heavy atom. The average molecular weight is 274 g/mol. The van der Waals surface area contributed by atoms with Crippen molar-refractivity contribution in [2.75, 3.05) is 26.7 Å². The van der Waals surface area contributed by atoms with E-state index < -0.39 is 0 Å². The molecule has 0 heterocycles. The molecule has 0 atom stereocenters. The Morgan fingerprint density at radius 2 is 2.00 bits per heavy atom. The summed E-state index contributed by atoms with van der Waals surface area (Å²) >= 11 is 0. The SMILES string of the molecule is Cc1cccc(CN(C)CCNCC2CCCCC2)c1. The molecular formula is C18H30N2. The van der Waals surface area contributed by atoms with Crippen molar-refractivity contribution in [2.24, 2.45) is 5.92 Å². The topological polar surface area (TPSA) is 15.3 Å². The Labute approximate surface area is 124 Å². The summed E-state index contributed by atoms with van der Waals surface area (Å²) in [6.07, 6.45) is 7.22. The molecule has 0 bridgehead atoms. The van der Waals surface area contributed by atoms with Crippen LogP contribution in [0, 0.1) is 12.8 Å². The van der Waals surface area contributed by atoms with Gasteiger partial charge in [0.1, 0.15) is 0 Å². The van der Waals surface area contributed by atoms with Crippen molar-refractivity contribution in [3.8, 4) is 0 Å². The average Bonchev–Trinajstić information content (AvgIpc) is 2.45. The van der Waals surface area contributed by atoms with Crippen LogP contribution in [0.25, 0.3) is 0 Å². The van der Waals surface area contributed by atoms with Crippen molar-refractivity contribution >= 4 is 0 Å². The number of likely N-dealkylation sites (N-methyl/N-ethyl adjacent to an activating group) is 1. The number of aryl methyl sites for hydroxylation is 1. The van der Waals surface area contributed by atoms with Gasteiger partial charge in [0.2, 0.25) is 0 Å². The lowest BCUT2D eigenvalue weighted by Crippen LogP contribution is -2.32. The first-order valence-corrected chi connectivity index (χ1v) is 8.19. The van der Waals surface area contributed by atoms with Crippen molar-refractivity contribution < 1.29 is 0 Å². The molecule has 2 nitrogen and oxygen atoms in total. The quantitative estimate of drug-likeness (QED) is 0.764. The van der Waals surface area contributed by atoms with Crippen molar-refractivity contribution in [1.29, 1.82) is 0 Å². The minimum absolute atomic E-state index is 0.936. The molecule has 1 aromatic carbocycles. The van der Waals surface area contributed by atoms with Gasteiger partial charge >= 0.3 is 0 Å². The van der Waals surface area contributed by atoms with E-state index in [0.29, 0.717) is 0 Å². The lowest BCUT2D eigenvalue weighted by Gasteiger charge is -2.23. The van der Waals surface area contributed by atoms with E-state index >= 15 is 0 Å². The Bertz CT molecular complexity index is 383. The molecule has 1 fully saturated rings. The molecule has 2 heteroatoms. The van der Waals surface area contributed by atoms with Gasteiger partial charge < -0.3 is 10.2 Å². The first-order valence-electron chi connectivity index (χ1n) is 8.19. The highest BCUT2D eigenvalue weighted by Crippen LogP contribution is 2.22. The zero-order valence-corrected chi connectivity index (χ0v) is 13.2. The van der Waals surface area contributed by atoms with Gasteiger partial charge in [-0.15, -0.1) is 0 Å². The molecule has 0 amide bonds. The minimum atomic E-state index is 0.936. The summed E-state index contributed by atoms with van der Waals surface area (Å²) in [6, 6.07) is 8.82. The largest absolute Gasteiger partial charge is 0.315 e. The van der Waals surface area contributed by atoms with Gasteiger partial charge in [0.25, 0.3) is 0 Å². The van der Waals surface area contributed by atoms with Crippen molar-refractivity contribution in [1.82, 2.24) is 10.2 Å². The van der Waals surface area contributed by atoms with Gasteiger partial charge in [-0.05, 0) is 44.8 Å². The molecule has 0 spiro atoms. The third-order valence-electron chi connectivity index (χ3n) is 4.36.